The van der Waals surface area contributed by atoms with Gasteiger partial charge in [0.2, 0.25) is 0 Å². The van der Waals surface area contributed by atoms with Crippen LogP contribution in [0.3, 0.4) is 0 Å². The molecule has 0 aliphatic heterocycles. The van der Waals surface area contributed by atoms with Crippen molar-refractivity contribution in [3.05, 3.63) is 57.9 Å². The van der Waals surface area contributed by atoms with Crippen LogP contribution < -0.4 is 4.74 Å². The first-order valence-corrected chi connectivity index (χ1v) is 9.66. The number of benzene rings is 1. The number of methoxy groups -OCH3 is 1. The number of hydrogen-bond donors (Lipinski definition) is 0. The van der Waals surface area contributed by atoms with Gasteiger partial charge in [-0.15, -0.1) is 0 Å². The average molecular weight is 401 g/mol. The summed E-state index contributed by atoms with van der Waals surface area (Å²) in [5.41, 5.74) is 4.06. The maximum absolute atomic E-state index is 12.8. The minimum absolute atomic E-state index is 0.276. The summed E-state index contributed by atoms with van der Waals surface area (Å²) >= 11 is 6.70. The number of fused-ring (bicyclic) bond motifs is 3. The second-order valence-corrected chi connectivity index (χ2v) is 7.06. The lowest BCUT2D eigenvalue weighted by Gasteiger charge is -2.13. The van der Waals surface area contributed by atoms with E-state index in [1.54, 1.807) is 20.2 Å². The highest BCUT2D eigenvalue weighted by Crippen LogP contribution is 2.41. The molecule has 0 atom stereocenters. The molecule has 0 radical (unpaired) electrons. The third-order valence-electron chi connectivity index (χ3n) is 4.97. The Balaban J connectivity index is 1.91. The van der Waals surface area contributed by atoms with Gasteiger partial charge in [-0.1, -0.05) is 28.9 Å². The van der Waals surface area contributed by atoms with E-state index in [4.69, 9.17) is 25.6 Å². The van der Waals surface area contributed by atoms with E-state index in [0.29, 0.717) is 23.0 Å². The minimum atomic E-state index is -0.440. The smallest absolute Gasteiger partial charge is 0.356 e. The zero-order valence-electron chi connectivity index (χ0n) is 15.8. The summed E-state index contributed by atoms with van der Waals surface area (Å²) in [4.78, 5) is 12.8. The van der Waals surface area contributed by atoms with Crippen molar-refractivity contribution in [2.75, 3.05) is 13.7 Å². The van der Waals surface area contributed by atoms with Crippen LogP contribution in [0.4, 0.5) is 0 Å². The molecule has 7 heteroatoms. The molecule has 0 bridgehead atoms. The van der Waals surface area contributed by atoms with Crippen molar-refractivity contribution < 1.29 is 18.8 Å². The second kappa shape index (κ2) is 7.72. The molecule has 0 unspecified atom stereocenters. The molecular weight excluding hydrogens is 380 g/mol. The Kier molecular flexibility index (Phi) is 5.13. The lowest BCUT2D eigenvalue weighted by atomic mass is 10.1. The zero-order chi connectivity index (χ0) is 19.7. The number of carbonyl (C=O) groups excluding carboxylic acids is 1. The lowest BCUT2D eigenvalue weighted by Crippen LogP contribution is -2.14. The summed E-state index contributed by atoms with van der Waals surface area (Å²) in [5.74, 6) is 0.984. The van der Waals surface area contributed by atoms with Crippen LogP contribution in [0.15, 0.2) is 35.0 Å². The molecule has 0 saturated heterocycles. The molecule has 28 heavy (non-hydrogen) atoms. The molecule has 0 fully saturated rings. The molecule has 1 aliphatic rings. The number of nitrogens with zero attached hydrogens (tertiary/aromatic N) is 2. The number of esters is 1. The van der Waals surface area contributed by atoms with Crippen LogP contribution in [0.25, 0.3) is 11.5 Å². The van der Waals surface area contributed by atoms with Gasteiger partial charge in [-0.2, -0.15) is 0 Å². The number of ether oxygens (including phenoxy) is 2. The third kappa shape index (κ3) is 3.18. The van der Waals surface area contributed by atoms with Crippen molar-refractivity contribution >= 4 is 17.6 Å². The van der Waals surface area contributed by atoms with E-state index in [-0.39, 0.29) is 6.61 Å². The van der Waals surface area contributed by atoms with E-state index in [1.807, 2.05) is 28.8 Å². The van der Waals surface area contributed by atoms with Gasteiger partial charge >= 0.3 is 5.97 Å². The fraction of sp³-hybridized carbons (Fsp3) is 0.333. The van der Waals surface area contributed by atoms with Gasteiger partial charge in [-0.3, -0.25) is 0 Å². The van der Waals surface area contributed by atoms with Crippen LogP contribution in [-0.2, 0) is 24.1 Å². The molecule has 1 aromatic carbocycles. The Bertz CT molecular complexity index is 1020. The molecule has 1 aliphatic carbocycles. The van der Waals surface area contributed by atoms with Gasteiger partial charge in [0.1, 0.15) is 11.4 Å². The molecule has 2 aromatic heterocycles. The predicted octanol–water partition coefficient (Wildman–Crippen LogP) is 4.52. The molecule has 0 spiro atoms. The molecule has 2 heterocycles. The molecule has 6 nitrogen and oxygen atoms in total. The van der Waals surface area contributed by atoms with Gasteiger partial charge in [0, 0.05) is 17.7 Å². The Morgan fingerprint density at radius 2 is 2.21 bits per heavy atom. The van der Waals surface area contributed by atoms with Crippen molar-refractivity contribution in [3.8, 4) is 17.2 Å². The largest absolute Gasteiger partial charge is 0.497 e. The van der Waals surface area contributed by atoms with Crippen LogP contribution in [0, 0.1) is 0 Å². The van der Waals surface area contributed by atoms with E-state index in [1.165, 1.54) is 0 Å². The quantitative estimate of drug-likeness (QED) is 0.589. The number of aromatic nitrogens is 2. The number of aryl methyl sites for hydroxylation is 1. The van der Waals surface area contributed by atoms with Crippen molar-refractivity contribution in [1.82, 2.24) is 9.72 Å². The SMILES string of the molecule is CCOC(=O)c1c(Cl)c2c(n1Cc1cccc(OC)c1)-c1oncc1CCC2. The maximum Gasteiger partial charge on any atom is 0.356 e. The van der Waals surface area contributed by atoms with Crippen LogP contribution in [0.2, 0.25) is 5.02 Å². The third-order valence-corrected chi connectivity index (χ3v) is 5.38. The normalized spacial score (nSPS) is 12.8. The van der Waals surface area contributed by atoms with Gasteiger partial charge < -0.3 is 18.6 Å². The van der Waals surface area contributed by atoms with Crippen LogP contribution >= 0.6 is 11.6 Å². The maximum atomic E-state index is 12.8. The molecule has 0 amide bonds. The molecular formula is C21H21ClN2O4. The number of rotatable bonds is 5. The summed E-state index contributed by atoms with van der Waals surface area (Å²) in [6.07, 6.45) is 4.27. The molecule has 4 rings (SSSR count). The Hall–Kier alpha value is -2.73. The highest BCUT2D eigenvalue weighted by molar-refractivity contribution is 6.34. The van der Waals surface area contributed by atoms with E-state index in [9.17, 15) is 4.79 Å². The summed E-state index contributed by atoms with van der Waals surface area (Å²) in [7, 11) is 1.63. The van der Waals surface area contributed by atoms with E-state index in [0.717, 1.165) is 47.4 Å². The van der Waals surface area contributed by atoms with Crippen LogP contribution in [0.5, 0.6) is 5.75 Å². The fourth-order valence-electron chi connectivity index (χ4n) is 3.73. The zero-order valence-corrected chi connectivity index (χ0v) is 16.6. The first-order chi connectivity index (χ1) is 13.6. The van der Waals surface area contributed by atoms with Gasteiger partial charge in [0.25, 0.3) is 0 Å². The van der Waals surface area contributed by atoms with Crippen molar-refractivity contribution in [1.29, 1.82) is 0 Å². The van der Waals surface area contributed by atoms with Gasteiger partial charge in [0.05, 0.1) is 30.6 Å². The topological polar surface area (TPSA) is 66.5 Å². The Morgan fingerprint density at radius 3 is 3.00 bits per heavy atom. The average Bonchev–Trinajstić information content (AvgIpc) is 3.19. The monoisotopic (exact) mass is 400 g/mol. The molecule has 0 N–H and O–H groups in total. The first kappa shape index (κ1) is 18.6. The summed E-state index contributed by atoms with van der Waals surface area (Å²) < 4.78 is 18.1. The Morgan fingerprint density at radius 1 is 1.36 bits per heavy atom. The summed E-state index contributed by atoms with van der Waals surface area (Å²) in [5, 5.41) is 4.40. The lowest BCUT2D eigenvalue weighted by molar-refractivity contribution is 0.0515. The Labute approximate surface area is 168 Å². The van der Waals surface area contributed by atoms with Crippen LogP contribution in [0.1, 0.15) is 40.5 Å². The summed E-state index contributed by atoms with van der Waals surface area (Å²) in [6.45, 7) is 2.49. The standard InChI is InChI=1S/C21H21ClN2O4/c1-3-27-21(25)19-17(22)16-9-5-7-14-11-23-28-20(14)18(16)24(19)12-13-6-4-8-15(10-13)26-2/h4,6,8,10-11H,3,5,7,9,12H2,1-2H3. The van der Waals surface area contributed by atoms with Gasteiger partial charge in [0.15, 0.2) is 5.76 Å². The van der Waals surface area contributed by atoms with Crippen molar-refractivity contribution in [2.24, 2.45) is 0 Å². The highest BCUT2D eigenvalue weighted by atomic mass is 35.5. The second-order valence-electron chi connectivity index (χ2n) is 6.68. The van der Waals surface area contributed by atoms with E-state index in [2.05, 4.69) is 5.16 Å². The molecule has 146 valence electrons. The van der Waals surface area contributed by atoms with Crippen molar-refractivity contribution in [3.63, 3.8) is 0 Å². The van der Waals surface area contributed by atoms with Gasteiger partial charge in [-0.25, -0.2) is 4.79 Å². The highest BCUT2D eigenvalue weighted by Gasteiger charge is 2.32. The fourth-order valence-corrected chi connectivity index (χ4v) is 4.09. The molecule has 0 saturated carbocycles. The van der Waals surface area contributed by atoms with E-state index < -0.39 is 5.97 Å². The minimum Gasteiger partial charge on any atom is -0.497 e. The van der Waals surface area contributed by atoms with Crippen molar-refractivity contribution in [2.45, 2.75) is 32.7 Å². The number of hydrogen-bond acceptors (Lipinski definition) is 5. The predicted molar refractivity (Wildman–Crippen MR) is 105 cm³/mol. The van der Waals surface area contributed by atoms with Gasteiger partial charge in [-0.05, 0) is 43.9 Å². The van der Waals surface area contributed by atoms with E-state index >= 15 is 0 Å². The molecule has 3 aromatic rings. The summed E-state index contributed by atoms with van der Waals surface area (Å²) in [6, 6.07) is 7.72. The van der Waals surface area contributed by atoms with Crippen LogP contribution in [-0.4, -0.2) is 29.4 Å². The number of halogens is 1. The number of carbonyl (C=O) groups is 1. The first-order valence-electron chi connectivity index (χ1n) is 9.28.